The van der Waals surface area contributed by atoms with Crippen LogP contribution in [-0.2, 0) is 5.75 Å². The molecule has 0 aliphatic heterocycles. The Balaban J connectivity index is 2.31. The van der Waals surface area contributed by atoms with Gasteiger partial charge in [-0.2, -0.15) is 11.8 Å². The molecular formula is C11H18N2S. The van der Waals surface area contributed by atoms with Crippen LogP contribution < -0.4 is 5.73 Å². The van der Waals surface area contributed by atoms with Crippen LogP contribution in [-0.4, -0.2) is 17.3 Å². The second-order valence-electron chi connectivity index (χ2n) is 3.73. The van der Waals surface area contributed by atoms with Gasteiger partial charge >= 0.3 is 0 Å². The van der Waals surface area contributed by atoms with Crippen molar-refractivity contribution in [3.05, 3.63) is 29.6 Å². The van der Waals surface area contributed by atoms with Gasteiger partial charge in [0, 0.05) is 18.1 Å². The predicted octanol–water partition coefficient (Wildman–Crippen LogP) is 2.22. The zero-order valence-electron chi connectivity index (χ0n) is 8.86. The largest absolute Gasteiger partial charge is 0.330 e. The lowest BCUT2D eigenvalue weighted by molar-refractivity contribution is 0.675. The predicted molar refractivity (Wildman–Crippen MR) is 63.4 cm³/mol. The quantitative estimate of drug-likeness (QED) is 0.810. The minimum absolute atomic E-state index is 0.609. The Morgan fingerprint density at radius 2 is 2.29 bits per heavy atom. The summed E-state index contributed by atoms with van der Waals surface area (Å²) in [5.74, 6) is 2.78. The van der Waals surface area contributed by atoms with E-state index in [-0.39, 0.29) is 0 Å². The first-order valence-corrected chi connectivity index (χ1v) is 6.06. The molecule has 1 heterocycles. The third-order valence-corrected chi connectivity index (χ3v) is 3.35. The molecule has 0 saturated heterocycles. The molecule has 78 valence electrons. The molecule has 0 spiro atoms. The summed E-state index contributed by atoms with van der Waals surface area (Å²) in [5.41, 5.74) is 8.09. The van der Waals surface area contributed by atoms with Crippen LogP contribution in [0.25, 0.3) is 0 Å². The third-order valence-electron chi connectivity index (χ3n) is 2.01. The van der Waals surface area contributed by atoms with Crippen molar-refractivity contribution in [2.45, 2.75) is 19.6 Å². The number of hydrogen-bond donors (Lipinski definition) is 1. The van der Waals surface area contributed by atoms with Crippen molar-refractivity contribution < 1.29 is 0 Å². The lowest BCUT2D eigenvalue weighted by atomic mass is 10.2. The highest BCUT2D eigenvalue weighted by Crippen LogP contribution is 2.14. The Bertz CT molecular complexity index is 276. The Morgan fingerprint density at radius 1 is 1.50 bits per heavy atom. The van der Waals surface area contributed by atoms with Crippen molar-refractivity contribution in [2.75, 3.05) is 12.3 Å². The molecule has 1 aromatic rings. The van der Waals surface area contributed by atoms with Gasteiger partial charge in [0.05, 0.1) is 0 Å². The number of aryl methyl sites for hydroxylation is 1. The molecule has 0 saturated carbocycles. The van der Waals surface area contributed by atoms with Gasteiger partial charge in [-0.15, -0.1) is 0 Å². The van der Waals surface area contributed by atoms with Gasteiger partial charge in [-0.1, -0.05) is 13.0 Å². The van der Waals surface area contributed by atoms with Gasteiger partial charge in [0.15, 0.2) is 0 Å². The monoisotopic (exact) mass is 210 g/mol. The first-order chi connectivity index (χ1) is 6.72. The summed E-state index contributed by atoms with van der Waals surface area (Å²) >= 11 is 1.93. The first-order valence-electron chi connectivity index (χ1n) is 4.90. The Hall–Kier alpha value is -0.540. The average Bonchev–Trinajstić information content (AvgIpc) is 2.17. The van der Waals surface area contributed by atoms with Crippen molar-refractivity contribution in [3.8, 4) is 0 Å². The van der Waals surface area contributed by atoms with E-state index in [1.54, 1.807) is 0 Å². The van der Waals surface area contributed by atoms with E-state index in [2.05, 4.69) is 24.9 Å². The molecular weight excluding hydrogens is 192 g/mol. The molecule has 0 aliphatic carbocycles. The van der Waals surface area contributed by atoms with E-state index in [9.17, 15) is 0 Å². The summed E-state index contributed by atoms with van der Waals surface area (Å²) in [5, 5.41) is 0. The molecule has 0 aliphatic rings. The Morgan fingerprint density at radius 3 is 2.93 bits per heavy atom. The normalized spacial score (nSPS) is 12.8. The highest BCUT2D eigenvalue weighted by atomic mass is 32.2. The van der Waals surface area contributed by atoms with Crippen LogP contribution >= 0.6 is 11.8 Å². The molecule has 2 nitrogen and oxygen atoms in total. The van der Waals surface area contributed by atoms with Crippen LogP contribution in [0, 0.1) is 12.8 Å². The topological polar surface area (TPSA) is 38.9 Å². The molecule has 3 heteroatoms. The van der Waals surface area contributed by atoms with Crippen LogP contribution in [0.4, 0.5) is 0 Å². The number of aromatic nitrogens is 1. The van der Waals surface area contributed by atoms with Crippen LogP contribution in [0.3, 0.4) is 0 Å². The molecule has 1 unspecified atom stereocenters. The highest BCUT2D eigenvalue weighted by molar-refractivity contribution is 7.98. The van der Waals surface area contributed by atoms with Crippen LogP contribution in [0.2, 0.25) is 0 Å². The maximum Gasteiger partial charge on any atom is 0.0308 e. The maximum atomic E-state index is 5.55. The molecule has 0 amide bonds. The Kier molecular flexibility index (Phi) is 4.98. The summed E-state index contributed by atoms with van der Waals surface area (Å²) in [6, 6.07) is 2.19. The third kappa shape index (κ3) is 4.11. The fourth-order valence-electron chi connectivity index (χ4n) is 1.14. The molecule has 0 bridgehead atoms. The Labute approximate surface area is 90.3 Å². The van der Waals surface area contributed by atoms with Gasteiger partial charge in [-0.05, 0) is 36.3 Å². The van der Waals surface area contributed by atoms with Crippen molar-refractivity contribution in [1.29, 1.82) is 0 Å². The zero-order chi connectivity index (χ0) is 10.4. The van der Waals surface area contributed by atoms with Gasteiger partial charge < -0.3 is 5.73 Å². The first kappa shape index (κ1) is 11.5. The van der Waals surface area contributed by atoms with Gasteiger partial charge in [0.25, 0.3) is 0 Å². The summed E-state index contributed by atoms with van der Waals surface area (Å²) in [4.78, 5) is 4.16. The zero-order valence-corrected chi connectivity index (χ0v) is 9.68. The number of pyridine rings is 1. The second-order valence-corrected chi connectivity index (χ2v) is 4.76. The van der Waals surface area contributed by atoms with Crippen LogP contribution in [0.5, 0.6) is 0 Å². The lowest BCUT2D eigenvalue weighted by Gasteiger charge is -2.07. The molecule has 0 aromatic carbocycles. The molecule has 14 heavy (non-hydrogen) atoms. The van der Waals surface area contributed by atoms with E-state index in [0.29, 0.717) is 5.92 Å². The van der Waals surface area contributed by atoms with E-state index < -0.39 is 0 Å². The van der Waals surface area contributed by atoms with Crippen molar-refractivity contribution in [1.82, 2.24) is 4.98 Å². The minimum atomic E-state index is 0.609. The van der Waals surface area contributed by atoms with E-state index >= 15 is 0 Å². The standard InChI is InChI=1S/C11H18N2S/c1-9-3-11(6-13-5-9)8-14-7-10(2)4-12/h3,5-6,10H,4,7-8,12H2,1-2H3. The number of nitrogens with zero attached hydrogens (tertiary/aromatic N) is 1. The van der Waals surface area contributed by atoms with E-state index in [1.807, 2.05) is 24.2 Å². The number of hydrogen-bond acceptors (Lipinski definition) is 3. The molecule has 0 radical (unpaired) electrons. The summed E-state index contributed by atoms with van der Waals surface area (Å²) in [7, 11) is 0. The maximum absolute atomic E-state index is 5.55. The van der Waals surface area contributed by atoms with Crippen molar-refractivity contribution >= 4 is 11.8 Å². The SMILES string of the molecule is Cc1cncc(CSCC(C)CN)c1. The minimum Gasteiger partial charge on any atom is -0.330 e. The average molecular weight is 210 g/mol. The highest BCUT2D eigenvalue weighted by Gasteiger charge is 2.00. The van der Waals surface area contributed by atoms with Gasteiger partial charge in [0.1, 0.15) is 0 Å². The fourth-order valence-corrected chi connectivity index (χ4v) is 2.19. The summed E-state index contributed by atoms with van der Waals surface area (Å²) in [6.45, 7) is 5.03. The number of nitrogens with two attached hydrogens (primary N) is 1. The lowest BCUT2D eigenvalue weighted by Crippen LogP contribution is -2.12. The van der Waals surface area contributed by atoms with E-state index in [0.717, 1.165) is 18.1 Å². The summed E-state index contributed by atoms with van der Waals surface area (Å²) < 4.78 is 0. The van der Waals surface area contributed by atoms with Crippen molar-refractivity contribution in [2.24, 2.45) is 11.7 Å². The smallest absolute Gasteiger partial charge is 0.0308 e. The second kappa shape index (κ2) is 6.04. The summed E-state index contributed by atoms with van der Waals surface area (Å²) in [6.07, 6.45) is 3.82. The fraction of sp³-hybridized carbons (Fsp3) is 0.545. The van der Waals surface area contributed by atoms with E-state index in [1.165, 1.54) is 11.1 Å². The molecule has 0 fully saturated rings. The van der Waals surface area contributed by atoms with E-state index in [4.69, 9.17) is 5.73 Å². The van der Waals surface area contributed by atoms with Gasteiger partial charge in [-0.25, -0.2) is 0 Å². The number of thioether (sulfide) groups is 1. The van der Waals surface area contributed by atoms with Gasteiger partial charge in [0.2, 0.25) is 0 Å². The molecule has 1 aromatic heterocycles. The molecule has 2 N–H and O–H groups in total. The number of rotatable bonds is 5. The van der Waals surface area contributed by atoms with Crippen molar-refractivity contribution in [3.63, 3.8) is 0 Å². The molecule has 1 rings (SSSR count). The molecule has 1 atom stereocenters. The van der Waals surface area contributed by atoms with Crippen LogP contribution in [0.1, 0.15) is 18.1 Å². The van der Waals surface area contributed by atoms with Gasteiger partial charge in [-0.3, -0.25) is 4.98 Å². The van der Waals surface area contributed by atoms with Crippen LogP contribution in [0.15, 0.2) is 18.5 Å².